The van der Waals surface area contributed by atoms with E-state index in [-0.39, 0.29) is 5.82 Å². The topological polar surface area (TPSA) is 37.8 Å². The van der Waals surface area contributed by atoms with Crippen LogP contribution in [0.15, 0.2) is 30.5 Å². The smallest absolute Gasteiger partial charge is 0.227 e. The Bertz CT molecular complexity index is 551. The van der Waals surface area contributed by atoms with Crippen LogP contribution in [0.3, 0.4) is 0 Å². The van der Waals surface area contributed by atoms with Gasteiger partial charge in [0.1, 0.15) is 5.82 Å². The number of aromatic nitrogens is 2. The summed E-state index contributed by atoms with van der Waals surface area (Å²) in [5.74, 6) is 0.342. The van der Waals surface area contributed by atoms with Crippen molar-refractivity contribution in [2.45, 2.75) is 25.7 Å². The van der Waals surface area contributed by atoms with Crippen LogP contribution < -0.4 is 5.32 Å². The van der Waals surface area contributed by atoms with Crippen molar-refractivity contribution in [3.8, 4) is 0 Å². The third kappa shape index (κ3) is 2.32. The number of hydrogen-bond donors (Lipinski definition) is 1. The summed E-state index contributed by atoms with van der Waals surface area (Å²) < 4.78 is 12.8. The summed E-state index contributed by atoms with van der Waals surface area (Å²) in [6, 6.07) is 6.19. The molecule has 0 saturated heterocycles. The third-order valence-electron chi connectivity index (χ3n) is 3.16. The summed E-state index contributed by atoms with van der Waals surface area (Å²) in [4.78, 5) is 8.81. The summed E-state index contributed by atoms with van der Waals surface area (Å²) in [6.45, 7) is 0. The van der Waals surface area contributed by atoms with Crippen molar-refractivity contribution in [2.24, 2.45) is 0 Å². The molecule has 1 N–H and O–H groups in total. The van der Waals surface area contributed by atoms with Gasteiger partial charge in [0, 0.05) is 17.6 Å². The molecule has 3 nitrogen and oxygen atoms in total. The lowest BCUT2D eigenvalue weighted by molar-refractivity contribution is 0.628. The van der Waals surface area contributed by atoms with Crippen molar-refractivity contribution >= 4 is 11.6 Å². The molecule has 2 aromatic rings. The number of benzene rings is 1. The van der Waals surface area contributed by atoms with E-state index in [1.165, 1.54) is 30.5 Å². The second-order valence-corrected chi connectivity index (χ2v) is 4.50. The second kappa shape index (κ2) is 4.72. The minimum atomic E-state index is -0.244. The molecular formula is C14H14FN3. The Morgan fingerprint density at radius 2 is 1.83 bits per heavy atom. The van der Waals surface area contributed by atoms with Gasteiger partial charge in [-0.3, -0.25) is 0 Å². The summed E-state index contributed by atoms with van der Waals surface area (Å²) in [6.07, 6.45) is 6.41. The van der Waals surface area contributed by atoms with Gasteiger partial charge < -0.3 is 5.32 Å². The minimum Gasteiger partial charge on any atom is -0.324 e. The number of anilines is 2. The molecule has 0 atom stereocenters. The van der Waals surface area contributed by atoms with E-state index < -0.39 is 0 Å². The van der Waals surface area contributed by atoms with E-state index in [0.717, 1.165) is 24.2 Å². The number of nitrogens with zero attached hydrogens (tertiary/aromatic N) is 2. The quantitative estimate of drug-likeness (QED) is 0.879. The van der Waals surface area contributed by atoms with Crippen LogP contribution in [0.1, 0.15) is 24.1 Å². The van der Waals surface area contributed by atoms with Crippen LogP contribution in [0.5, 0.6) is 0 Å². The Balaban J connectivity index is 1.82. The first-order valence-electron chi connectivity index (χ1n) is 6.19. The zero-order valence-electron chi connectivity index (χ0n) is 9.99. The molecule has 0 unspecified atom stereocenters. The normalized spacial score (nSPS) is 14.1. The predicted octanol–water partition coefficient (Wildman–Crippen LogP) is 3.24. The van der Waals surface area contributed by atoms with Crippen LogP contribution in [0, 0.1) is 5.82 Å². The highest BCUT2D eigenvalue weighted by Crippen LogP contribution is 2.21. The van der Waals surface area contributed by atoms with E-state index in [4.69, 9.17) is 0 Å². The minimum absolute atomic E-state index is 0.244. The Kier molecular flexibility index (Phi) is 2.92. The largest absolute Gasteiger partial charge is 0.324 e. The molecule has 0 saturated carbocycles. The molecule has 18 heavy (non-hydrogen) atoms. The van der Waals surface area contributed by atoms with Gasteiger partial charge in [-0.1, -0.05) is 0 Å². The lowest BCUT2D eigenvalue weighted by atomic mass is 9.98. The first kappa shape index (κ1) is 11.1. The molecule has 0 aliphatic heterocycles. The van der Waals surface area contributed by atoms with Gasteiger partial charge >= 0.3 is 0 Å². The zero-order valence-corrected chi connectivity index (χ0v) is 9.99. The Morgan fingerprint density at radius 3 is 2.67 bits per heavy atom. The Morgan fingerprint density at radius 1 is 1.06 bits per heavy atom. The van der Waals surface area contributed by atoms with Gasteiger partial charge in [-0.15, -0.1) is 0 Å². The average molecular weight is 243 g/mol. The van der Waals surface area contributed by atoms with Gasteiger partial charge in [0.15, 0.2) is 0 Å². The van der Waals surface area contributed by atoms with Crippen LogP contribution >= 0.6 is 0 Å². The predicted molar refractivity (Wildman–Crippen MR) is 68.4 cm³/mol. The van der Waals surface area contributed by atoms with E-state index in [1.54, 1.807) is 12.1 Å². The molecule has 0 spiro atoms. The van der Waals surface area contributed by atoms with Crippen LogP contribution in [0.4, 0.5) is 16.0 Å². The molecule has 1 aliphatic rings. The molecule has 0 amide bonds. The summed E-state index contributed by atoms with van der Waals surface area (Å²) in [5, 5.41) is 3.09. The van der Waals surface area contributed by atoms with Gasteiger partial charge in [-0.2, -0.15) is 0 Å². The van der Waals surface area contributed by atoms with E-state index >= 15 is 0 Å². The zero-order chi connectivity index (χ0) is 12.4. The highest BCUT2D eigenvalue weighted by Gasteiger charge is 2.11. The van der Waals surface area contributed by atoms with Gasteiger partial charge in [0.05, 0.1) is 0 Å². The first-order valence-corrected chi connectivity index (χ1v) is 6.19. The molecule has 3 rings (SSSR count). The maximum atomic E-state index is 12.8. The molecule has 4 heteroatoms. The van der Waals surface area contributed by atoms with Gasteiger partial charge in [0.2, 0.25) is 5.95 Å². The molecule has 0 radical (unpaired) electrons. The van der Waals surface area contributed by atoms with Crippen LogP contribution in [0.2, 0.25) is 0 Å². The number of fused-ring (bicyclic) bond motifs is 1. The van der Waals surface area contributed by atoms with Crippen molar-refractivity contribution < 1.29 is 4.39 Å². The molecule has 1 aromatic heterocycles. The number of hydrogen-bond acceptors (Lipinski definition) is 3. The third-order valence-corrected chi connectivity index (χ3v) is 3.16. The molecule has 1 aliphatic carbocycles. The van der Waals surface area contributed by atoms with E-state index in [9.17, 15) is 4.39 Å². The van der Waals surface area contributed by atoms with E-state index in [2.05, 4.69) is 15.3 Å². The summed E-state index contributed by atoms with van der Waals surface area (Å²) in [7, 11) is 0. The number of halogens is 1. The lowest BCUT2D eigenvalue weighted by Gasteiger charge is -2.15. The highest BCUT2D eigenvalue weighted by atomic mass is 19.1. The molecule has 1 aromatic carbocycles. The fraction of sp³-hybridized carbons (Fsp3) is 0.286. The maximum absolute atomic E-state index is 12.8. The summed E-state index contributed by atoms with van der Waals surface area (Å²) in [5.41, 5.74) is 3.19. The molecule has 92 valence electrons. The number of rotatable bonds is 2. The van der Waals surface area contributed by atoms with Gasteiger partial charge in [-0.05, 0) is 55.5 Å². The number of aryl methyl sites for hydroxylation is 2. The fourth-order valence-electron chi connectivity index (χ4n) is 2.20. The second-order valence-electron chi connectivity index (χ2n) is 4.50. The first-order chi connectivity index (χ1) is 8.81. The van der Waals surface area contributed by atoms with Crippen molar-refractivity contribution in [3.05, 3.63) is 47.5 Å². The molecular weight excluding hydrogens is 229 g/mol. The monoisotopic (exact) mass is 243 g/mol. The molecule has 1 heterocycles. The lowest BCUT2D eigenvalue weighted by Crippen LogP contribution is -2.08. The van der Waals surface area contributed by atoms with Gasteiger partial charge in [-0.25, -0.2) is 14.4 Å². The summed E-state index contributed by atoms with van der Waals surface area (Å²) >= 11 is 0. The van der Waals surface area contributed by atoms with Crippen LogP contribution in [-0.2, 0) is 12.8 Å². The fourth-order valence-corrected chi connectivity index (χ4v) is 2.20. The molecule has 0 bridgehead atoms. The maximum Gasteiger partial charge on any atom is 0.227 e. The van der Waals surface area contributed by atoms with E-state index in [0.29, 0.717) is 5.95 Å². The standard InChI is InChI=1S/C14H14FN3/c15-11-5-7-12(8-6-11)17-14-16-9-10-3-1-2-4-13(10)18-14/h5-9H,1-4H2,(H,16,17,18). The average Bonchev–Trinajstić information content (AvgIpc) is 2.41. The van der Waals surface area contributed by atoms with Crippen LogP contribution in [-0.4, -0.2) is 9.97 Å². The Hall–Kier alpha value is -1.97. The Labute approximate surface area is 105 Å². The number of nitrogens with one attached hydrogen (secondary N) is 1. The van der Waals surface area contributed by atoms with Crippen molar-refractivity contribution in [2.75, 3.05) is 5.32 Å². The van der Waals surface area contributed by atoms with Crippen molar-refractivity contribution in [1.82, 2.24) is 9.97 Å². The van der Waals surface area contributed by atoms with Crippen LogP contribution in [0.25, 0.3) is 0 Å². The molecule has 0 fully saturated rings. The SMILES string of the molecule is Fc1ccc(Nc2ncc3c(n2)CCCC3)cc1. The van der Waals surface area contributed by atoms with E-state index in [1.807, 2.05) is 6.20 Å². The van der Waals surface area contributed by atoms with Crippen molar-refractivity contribution in [1.29, 1.82) is 0 Å². The van der Waals surface area contributed by atoms with Crippen molar-refractivity contribution in [3.63, 3.8) is 0 Å². The van der Waals surface area contributed by atoms with Gasteiger partial charge in [0.25, 0.3) is 0 Å². The highest BCUT2D eigenvalue weighted by molar-refractivity contribution is 5.53.